The Labute approximate surface area is 175 Å². The number of hydrogen-bond donors (Lipinski definition) is 1. The Morgan fingerprint density at radius 2 is 1.93 bits per heavy atom. The number of carbonyl (C=O) groups excluding carboxylic acids is 1. The summed E-state index contributed by atoms with van der Waals surface area (Å²) in [5.74, 6) is 1.56. The third-order valence-corrected chi connectivity index (χ3v) is 4.92. The number of ether oxygens (including phenoxy) is 1. The largest absolute Gasteiger partial charge is 0.493 e. The highest BCUT2D eigenvalue weighted by Gasteiger charge is 2.07. The zero-order valence-corrected chi connectivity index (χ0v) is 17.1. The third-order valence-electron chi connectivity index (χ3n) is 4.92. The minimum atomic E-state index is -0.0514. The van der Waals surface area contributed by atoms with Gasteiger partial charge in [-0.25, -0.2) is 9.97 Å². The van der Waals surface area contributed by atoms with Gasteiger partial charge in [0.05, 0.1) is 24.1 Å². The first-order valence-electron chi connectivity index (χ1n) is 9.94. The number of nitrogens with zero attached hydrogens (tertiary/aromatic N) is 3. The summed E-state index contributed by atoms with van der Waals surface area (Å²) >= 11 is 0. The fraction of sp³-hybridized carbons (Fsp3) is 0.208. The summed E-state index contributed by atoms with van der Waals surface area (Å²) in [6.45, 7) is 4.83. The molecule has 4 rings (SSSR count). The molecule has 0 saturated carbocycles. The molecule has 0 bridgehead atoms. The molecule has 2 aromatic carbocycles. The topological polar surface area (TPSA) is 69.0 Å². The SMILES string of the molecule is Cc1ccc(OCCC(=O)NCc2ccc(-n3cnc4ccccc43)nc2)c(C)c1. The van der Waals surface area contributed by atoms with Crippen molar-refractivity contribution in [3.05, 3.63) is 83.8 Å². The van der Waals surface area contributed by atoms with E-state index in [-0.39, 0.29) is 5.91 Å². The van der Waals surface area contributed by atoms with Gasteiger partial charge in [-0.1, -0.05) is 35.9 Å². The van der Waals surface area contributed by atoms with Crippen LogP contribution in [0.4, 0.5) is 0 Å². The Morgan fingerprint density at radius 1 is 1.07 bits per heavy atom. The lowest BCUT2D eigenvalue weighted by Crippen LogP contribution is -2.24. The summed E-state index contributed by atoms with van der Waals surface area (Å²) in [5, 5.41) is 2.91. The van der Waals surface area contributed by atoms with Gasteiger partial charge in [0.1, 0.15) is 17.9 Å². The number of imidazole rings is 1. The van der Waals surface area contributed by atoms with E-state index in [1.807, 2.05) is 66.9 Å². The first-order valence-corrected chi connectivity index (χ1v) is 9.94. The third kappa shape index (κ3) is 4.49. The van der Waals surface area contributed by atoms with Crippen LogP contribution in [0.3, 0.4) is 0 Å². The van der Waals surface area contributed by atoms with E-state index in [0.717, 1.165) is 33.7 Å². The van der Waals surface area contributed by atoms with Crippen LogP contribution in [-0.2, 0) is 11.3 Å². The zero-order chi connectivity index (χ0) is 20.9. The van der Waals surface area contributed by atoms with Crippen molar-refractivity contribution < 1.29 is 9.53 Å². The van der Waals surface area contributed by atoms with Gasteiger partial charge in [0.2, 0.25) is 5.91 Å². The Bertz CT molecular complexity index is 1170. The van der Waals surface area contributed by atoms with E-state index in [1.165, 1.54) is 5.56 Å². The van der Waals surface area contributed by atoms with Gasteiger partial charge in [0.15, 0.2) is 0 Å². The number of carbonyl (C=O) groups is 1. The van der Waals surface area contributed by atoms with E-state index in [0.29, 0.717) is 19.6 Å². The van der Waals surface area contributed by atoms with E-state index in [4.69, 9.17) is 4.74 Å². The minimum Gasteiger partial charge on any atom is -0.493 e. The number of nitrogens with one attached hydrogen (secondary N) is 1. The van der Waals surface area contributed by atoms with Crippen molar-refractivity contribution >= 4 is 16.9 Å². The summed E-state index contributed by atoms with van der Waals surface area (Å²) in [4.78, 5) is 21.0. The number of hydrogen-bond acceptors (Lipinski definition) is 4. The van der Waals surface area contributed by atoms with Gasteiger partial charge >= 0.3 is 0 Å². The molecular weight excluding hydrogens is 376 g/mol. The molecule has 0 fully saturated rings. The fourth-order valence-corrected chi connectivity index (χ4v) is 3.31. The smallest absolute Gasteiger partial charge is 0.223 e. The number of amides is 1. The lowest BCUT2D eigenvalue weighted by atomic mass is 10.1. The van der Waals surface area contributed by atoms with Gasteiger partial charge in [-0.05, 0) is 49.2 Å². The summed E-state index contributed by atoms with van der Waals surface area (Å²) in [6, 6.07) is 17.8. The lowest BCUT2D eigenvalue weighted by Gasteiger charge is -2.10. The number of fused-ring (bicyclic) bond motifs is 1. The normalized spacial score (nSPS) is 10.9. The molecule has 4 aromatic rings. The molecule has 0 spiro atoms. The molecule has 0 aliphatic carbocycles. The van der Waals surface area contributed by atoms with Crippen LogP contribution in [-0.4, -0.2) is 27.0 Å². The van der Waals surface area contributed by atoms with Gasteiger partial charge in [-0.2, -0.15) is 0 Å². The Morgan fingerprint density at radius 3 is 2.73 bits per heavy atom. The molecule has 152 valence electrons. The predicted molar refractivity (Wildman–Crippen MR) is 117 cm³/mol. The molecule has 6 heteroatoms. The van der Waals surface area contributed by atoms with Crippen molar-refractivity contribution in [2.45, 2.75) is 26.8 Å². The van der Waals surface area contributed by atoms with Crippen LogP contribution >= 0.6 is 0 Å². The monoisotopic (exact) mass is 400 g/mol. The molecule has 0 aliphatic heterocycles. The average molecular weight is 400 g/mol. The second kappa shape index (κ2) is 8.78. The van der Waals surface area contributed by atoms with Crippen LogP contribution in [0, 0.1) is 13.8 Å². The second-order valence-electron chi connectivity index (χ2n) is 7.27. The van der Waals surface area contributed by atoms with Crippen molar-refractivity contribution in [3.8, 4) is 11.6 Å². The highest BCUT2D eigenvalue weighted by molar-refractivity contribution is 5.77. The van der Waals surface area contributed by atoms with Crippen LogP contribution in [0.25, 0.3) is 16.9 Å². The van der Waals surface area contributed by atoms with Crippen LogP contribution < -0.4 is 10.1 Å². The average Bonchev–Trinajstić information content (AvgIpc) is 3.18. The van der Waals surface area contributed by atoms with Crippen LogP contribution in [0.1, 0.15) is 23.1 Å². The van der Waals surface area contributed by atoms with Crippen molar-refractivity contribution in [1.82, 2.24) is 19.9 Å². The molecule has 1 N–H and O–H groups in total. The number of benzene rings is 2. The van der Waals surface area contributed by atoms with Gasteiger partial charge < -0.3 is 10.1 Å². The van der Waals surface area contributed by atoms with Gasteiger partial charge in [-0.15, -0.1) is 0 Å². The second-order valence-corrected chi connectivity index (χ2v) is 7.27. The van der Waals surface area contributed by atoms with Crippen molar-refractivity contribution in [2.24, 2.45) is 0 Å². The summed E-state index contributed by atoms with van der Waals surface area (Å²) in [5.41, 5.74) is 5.14. The standard InChI is InChI=1S/C24H24N4O2/c1-17-7-9-22(18(2)13-17)30-12-11-24(29)26-15-19-8-10-23(25-14-19)28-16-27-20-5-3-4-6-21(20)28/h3-10,13-14,16H,11-12,15H2,1-2H3,(H,26,29). The quantitative estimate of drug-likeness (QED) is 0.507. The van der Waals surface area contributed by atoms with E-state index in [9.17, 15) is 4.79 Å². The summed E-state index contributed by atoms with van der Waals surface area (Å²) < 4.78 is 7.67. The maximum absolute atomic E-state index is 12.1. The Kier molecular flexibility index (Phi) is 5.75. The summed E-state index contributed by atoms with van der Waals surface area (Å²) in [7, 11) is 0. The molecule has 2 heterocycles. The van der Waals surface area contributed by atoms with Crippen molar-refractivity contribution in [1.29, 1.82) is 0 Å². The van der Waals surface area contributed by atoms with E-state index < -0.39 is 0 Å². The Balaban J connectivity index is 1.28. The number of pyridine rings is 1. The number of aryl methyl sites for hydroxylation is 2. The highest BCUT2D eigenvalue weighted by Crippen LogP contribution is 2.19. The minimum absolute atomic E-state index is 0.0514. The van der Waals surface area contributed by atoms with Gasteiger partial charge in [0, 0.05) is 12.7 Å². The van der Waals surface area contributed by atoms with Crippen molar-refractivity contribution in [2.75, 3.05) is 6.61 Å². The molecule has 0 aliphatic rings. The maximum atomic E-state index is 12.1. The molecule has 30 heavy (non-hydrogen) atoms. The molecule has 6 nitrogen and oxygen atoms in total. The molecule has 0 unspecified atom stereocenters. The number of rotatable bonds is 7. The lowest BCUT2D eigenvalue weighted by molar-refractivity contribution is -0.121. The van der Waals surface area contributed by atoms with Gasteiger partial charge in [0.25, 0.3) is 0 Å². The zero-order valence-electron chi connectivity index (χ0n) is 17.1. The van der Waals surface area contributed by atoms with Crippen LogP contribution in [0.5, 0.6) is 5.75 Å². The van der Waals surface area contributed by atoms with Gasteiger partial charge in [-0.3, -0.25) is 9.36 Å². The summed E-state index contributed by atoms with van der Waals surface area (Å²) in [6.07, 6.45) is 3.85. The predicted octanol–water partition coefficient (Wildman–Crippen LogP) is 4.12. The van der Waals surface area contributed by atoms with Crippen molar-refractivity contribution in [3.63, 3.8) is 0 Å². The van der Waals surface area contributed by atoms with Crippen LogP contribution in [0.2, 0.25) is 0 Å². The first-order chi connectivity index (χ1) is 14.6. The first kappa shape index (κ1) is 19.6. The van der Waals surface area contributed by atoms with E-state index in [2.05, 4.69) is 21.4 Å². The Hall–Kier alpha value is -3.67. The van der Waals surface area contributed by atoms with Crippen LogP contribution in [0.15, 0.2) is 67.1 Å². The molecular formula is C24H24N4O2. The highest BCUT2D eigenvalue weighted by atomic mass is 16.5. The van der Waals surface area contributed by atoms with E-state index in [1.54, 1.807) is 12.5 Å². The number of para-hydroxylation sites is 2. The molecule has 2 aromatic heterocycles. The maximum Gasteiger partial charge on any atom is 0.223 e. The molecule has 0 radical (unpaired) electrons. The molecule has 1 amide bonds. The molecule has 0 saturated heterocycles. The van der Waals surface area contributed by atoms with E-state index >= 15 is 0 Å². The number of aromatic nitrogens is 3. The molecule has 0 atom stereocenters. The fourth-order valence-electron chi connectivity index (χ4n) is 3.31.